The van der Waals surface area contributed by atoms with E-state index < -0.39 is 0 Å². The van der Waals surface area contributed by atoms with Gasteiger partial charge in [0.2, 0.25) is 0 Å². The van der Waals surface area contributed by atoms with Gasteiger partial charge in [0.15, 0.2) is 5.82 Å². The van der Waals surface area contributed by atoms with Crippen LogP contribution in [0.4, 0.5) is 5.69 Å². The summed E-state index contributed by atoms with van der Waals surface area (Å²) >= 11 is 0. The van der Waals surface area contributed by atoms with Crippen molar-refractivity contribution < 1.29 is 4.79 Å². The first-order valence-corrected chi connectivity index (χ1v) is 5.49. The minimum atomic E-state index is -0.338. The Labute approximate surface area is 104 Å². The van der Waals surface area contributed by atoms with Crippen LogP contribution in [0, 0.1) is 6.92 Å². The number of benzene rings is 1. The Kier molecular flexibility index (Phi) is 3.22. The molecule has 0 spiro atoms. The number of nitrogens with one attached hydrogen (secondary N) is 2. The molecule has 0 radical (unpaired) electrons. The van der Waals surface area contributed by atoms with Gasteiger partial charge in [0.25, 0.3) is 5.91 Å². The van der Waals surface area contributed by atoms with Gasteiger partial charge in [-0.05, 0) is 25.5 Å². The monoisotopic (exact) mass is 246 g/mol. The van der Waals surface area contributed by atoms with Crippen LogP contribution in [0.5, 0.6) is 0 Å². The summed E-state index contributed by atoms with van der Waals surface area (Å²) < 4.78 is 0. The van der Waals surface area contributed by atoms with E-state index in [2.05, 4.69) is 25.9 Å². The third kappa shape index (κ3) is 2.29. The summed E-state index contributed by atoms with van der Waals surface area (Å²) in [4.78, 5) is 12.1. The van der Waals surface area contributed by atoms with Gasteiger partial charge in [-0.25, -0.2) is 0 Å². The first-order chi connectivity index (χ1) is 8.59. The fourth-order valence-electron chi connectivity index (χ4n) is 1.69. The van der Waals surface area contributed by atoms with Crippen molar-refractivity contribution in [2.24, 2.45) is 0 Å². The molecule has 0 aliphatic rings. The van der Waals surface area contributed by atoms with E-state index in [-0.39, 0.29) is 11.9 Å². The van der Waals surface area contributed by atoms with Crippen LogP contribution < -0.4 is 11.1 Å². The van der Waals surface area contributed by atoms with E-state index in [1.807, 2.05) is 19.1 Å². The molecule has 1 aromatic carbocycles. The molecule has 94 valence electrons. The SMILES string of the molecule is Cc1cccc(N)c1C(=O)NC(C)c1nn[nH]n1. The number of aryl methyl sites for hydroxylation is 1. The minimum absolute atomic E-state index is 0.247. The van der Waals surface area contributed by atoms with Crippen molar-refractivity contribution in [3.8, 4) is 0 Å². The highest BCUT2D eigenvalue weighted by Gasteiger charge is 2.17. The lowest BCUT2D eigenvalue weighted by atomic mass is 10.1. The van der Waals surface area contributed by atoms with E-state index in [0.29, 0.717) is 17.1 Å². The average Bonchev–Trinajstić information content (AvgIpc) is 2.81. The molecule has 1 amide bonds. The van der Waals surface area contributed by atoms with Gasteiger partial charge < -0.3 is 11.1 Å². The molecule has 2 rings (SSSR count). The smallest absolute Gasteiger partial charge is 0.254 e. The summed E-state index contributed by atoms with van der Waals surface area (Å²) in [5.74, 6) is 0.179. The summed E-state index contributed by atoms with van der Waals surface area (Å²) in [7, 11) is 0. The zero-order chi connectivity index (χ0) is 13.1. The maximum Gasteiger partial charge on any atom is 0.254 e. The normalized spacial score (nSPS) is 12.1. The van der Waals surface area contributed by atoms with Gasteiger partial charge in [0.1, 0.15) is 0 Å². The molecule has 0 saturated carbocycles. The van der Waals surface area contributed by atoms with Crippen LogP contribution in [0.3, 0.4) is 0 Å². The molecule has 1 heterocycles. The summed E-state index contributed by atoms with van der Waals surface area (Å²) in [5, 5.41) is 16.2. The van der Waals surface area contributed by atoms with Gasteiger partial charge in [-0.15, -0.1) is 10.2 Å². The van der Waals surface area contributed by atoms with Crippen LogP contribution in [0.15, 0.2) is 18.2 Å². The number of H-pyrrole nitrogens is 1. The predicted molar refractivity (Wildman–Crippen MR) is 65.7 cm³/mol. The van der Waals surface area contributed by atoms with E-state index in [1.165, 1.54) is 0 Å². The molecule has 0 fully saturated rings. The maximum absolute atomic E-state index is 12.1. The van der Waals surface area contributed by atoms with E-state index >= 15 is 0 Å². The zero-order valence-corrected chi connectivity index (χ0v) is 10.1. The molecule has 4 N–H and O–H groups in total. The van der Waals surface area contributed by atoms with Crippen LogP contribution in [0.1, 0.15) is 34.7 Å². The molecule has 0 saturated heterocycles. The van der Waals surface area contributed by atoms with Crippen molar-refractivity contribution in [3.63, 3.8) is 0 Å². The Balaban J connectivity index is 2.18. The Hall–Kier alpha value is -2.44. The number of nitrogens with two attached hydrogens (primary N) is 1. The van der Waals surface area contributed by atoms with Gasteiger partial charge in [0, 0.05) is 5.69 Å². The molecule has 1 aromatic heterocycles. The second kappa shape index (κ2) is 4.82. The molecule has 1 unspecified atom stereocenters. The quantitative estimate of drug-likeness (QED) is 0.686. The number of rotatable bonds is 3. The molecule has 0 aliphatic carbocycles. The molecule has 18 heavy (non-hydrogen) atoms. The lowest BCUT2D eigenvalue weighted by Crippen LogP contribution is -2.28. The summed E-state index contributed by atoms with van der Waals surface area (Å²) in [6.07, 6.45) is 0. The van der Waals surface area contributed by atoms with Crippen LogP contribution >= 0.6 is 0 Å². The lowest BCUT2D eigenvalue weighted by Gasteiger charge is -2.13. The van der Waals surface area contributed by atoms with E-state index in [9.17, 15) is 4.79 Å². The first kappa shape index (κ1) is 12.0. The maximum atomic E-state index is 12.1. The Morgan fingerprint density at radius 2 is 2.28 bits per heavy atom. The van der Waals surface area contributed by atoms with Crippen molar-refractivity contribution in [1.29, 1.82) is 0 Å². The van der Waals surface area contributed by atoms with Crippen molar-refractivity contribution >= 4 is 11.6 Å². The van der Waals surface area contributed by atoms with Gasteiger partial charge in [-0.1, -0.05) is 17.3 Å². The molecule has 0 aliphatic heterocycles. The van der Waals surface area contributed by atoms with E-state index in [0.717, 1.165) is 5.56 Å². The fourth-order valence-corrected chi connectivity index (χ4v) is 1.69. The summed E-state index contributed by atoms with van der Waals surface area (Å²) in [6.45, 7) is 3.61. The fraction of sp³-hybridized carbons (Fsp3) is 0.273. The van der Waals surface area contributed by atoms with Crippen LogP contribution in [0.2, 0.25) is 0 Å². The highest BCUT2D eigenvalue weighted by Crippen LogP contribution is 2.17. The second-order valence-corrected chi connectivity index (χ2v) is 4.00. The molecule has 7 heteroatoms. The Bertz CT molecular complexity index is 530. The van der Waals surface area contributed by atoms with Crippen molar-refractivity contribution in [2.75, 3.05) is 5.73 Å². The zero-order valence-electron chi connectivity index (χ0n) is 10.1. The summed E-state index contributed by atoms with van der Waals surface area (Å²) in [6, 6.07) is 5.00. The number of hydrogen-bond donors (Lipinski definition) is 3. The second-order valence-electron chi connectivity index (χ2n) is 4.00. The lowest BCUT2D eigenvalue weighted by molar-refractivity contribution is 0.0938. The van der Waals surface area contributed by atoms with Crippen molar-refractivity contribution in [3.05, 3.63) is 35.2 Å². The molecular weight excluding hydrogens is 232 g/mol. The molecule has 2 aromatic rings. The number of carbonyl (C=O) groups excluding carboxylic acids is 1. The van der Waals surface area contributed by atoms with E-state index in [4.69, 9.17) is 5.73 Å². The molecule has 1 atom stereocenters. The highest BCUT2D eigenvalue weighted by atomic mass is 16.1. The molecule has 0 bridgehead atoms. The van der Waals surface area contributed by atoms with E-state index in [1.54, 1.807) is 13.0 Å². The molecule has 7 nitrogen and oxygen atoms in total. The number of aromatic amines is 1. The predicted octanol–water partition coefficient (Wildman–Crippen LogP) is 0.581. The standard InChI is InChI=1S/C11H14N6O/c1-6-4-3-5-8(12)9(6)11(18)13-7(2)10-14-16-17-15-10/h3-5,7H,12H2,1-2H3,(H,13,18)(H,14,15,16,17). The van der Waals surface area contributed by atoms with Crippen LogP contribution in [0.25, 0.3) is 0 Å². The number of amides is 1. The minimum Gasteiger partial charge on any atom is -0.398 e. The van der Waals surface area contributed by atoms with Gasteiger partial charge in [-0.2, -0.15) is 5.21 Å². The number of anilines is 1. The Morgan fingerprint density at radius 1 is 1.50 bits per heavy atom. The third-order valence-electron chi connectivity index (χ3n) is 2.63. The number of hydrogen-bond acceptors (Lipinski definition) is 5. The summed E-state index contributed by atoms with van der Waals surface area (Å²) in [5.41, 5.74) is 7.56. The van der Waals surface area contributed by atoms with Gasteiger partial charge >= 0.3 is 0 Å². The number of nitrogens with zero attached hydrogens (tertiary/aromatic N) is 3. The number of carbonyl (C=O) groups is 1. The van der Waals surface area contributed by atoms with Gasteiger partial charge in [0.05, 0.1) is 11.6 Å². The third-order valence-corrected chi connectivity index (χ3v) is 2.63. The number of aromatic nitrogens is 4. The largest absolute Gasteiger partial charge is 0.398 e. The first-order valence-electron chi connectivity index (χ1n) is 5.49. The van der Waals surface area contributed by atoms with Crippen LogP contribution in [-0.4, -0.2) is 26.5 Å². The average molecular weight is 246 g/mol. The molecular formula is C11H14N6O. The Morgan fingerprint density at radius 3 is 2.89 bits per heavy atom. The highest BCUT2D eigenvalue weighted by molar-refractivity contribution is 6.00. The number of nitrogen functional groups attached to an aromatic ring is 1. The van der Waals surface area contributed by atoms with Crippen LogP contribution in [-0.2, 0) is 0 Å². The topological polar surface area (TPSA) is 110 Å². The van der Waals surface area contributed by atoms with Gasteiger partial charge in [-0.3, -0.25) is 4.79 Å². The van der Waals surface area contributed by atoms with Crippen molar-refractivity contribution in [1.82, 2.24) is 25.9 Å². The van der Waals surface area contributed by atoms with Crippen molar-refractivity contribution in [2.45, 2.75) is 19.9 Å². The number of tetrazole rings is 1.